The second-order valence-corrected chi connectivity index (χ2v) is 33.4. The summed E-state index contributed by atoms with van der Waals surface area (Å²) < 4.78 is 0. The summed E-state index contributed by atoms with van der Waals surface area (Å²) >= 11 is 0. The van der Waals surface area contributed by atoms with Crippen molar-refractivity contribution in [1.82, 2.24) is 29.9 Å². The van der Waals surface area contributed by atoms with E-state index in [9.17, 15) is 0 Å². The maximum Gasteiger partial charge on any atom is 0.163 e. The molecule has 0 unspecified atom stereocenters. The van der Waals surface area contributed by atoms with Crippen LogP contribution in [0.25, 0.3) is 260 Å². The Labute approximate surface area is 735 Å². The highest BCUT2D eigenvalue weighted by Crippen LogP contribution is 2.50. The van der Waals surface area contributed by atoms with Crippen LogP contribution in [-0.2, 0) is 0 Å². The zero-order valence-electron chi connectivity index (χ0n) is 69.4. The molecular formula is C122H74N6. The average molecular weight is 1620 g/mol. The molecule has 0 amide bonds. The third-order valence-electron chi connectivity index (χ3n) is 26.5. The van der Waals surface area contributed by atoms with Crippen molar-refractivity contribution in [3.8, 4) is 44.8 Å². The number of nitrogens with zero attached hydrogens (tertiary/aromatic N) is 6. The van der Waals surface area contributed by atoms with Crippen LogP contribution >= 0.6 is 0 Å². The molecule has 6 heteroatoms. The fourth-order valence-electron chi connectivity index (χ4n) is 20.7. The third-order valence-corrected chi connectivity index (χ3v) is 26.5. The second kappa shape index (κ2) is 30.5. The first-order valence-corrected chi connectivity index (χ1v) is 43.6. The summed E-state index contributed by atoms with van der Waals surface area (Å²) in [6, 6.07) is 146. The first kappa shape index (κ1) is 73.6. The van der Waals surface area contributed by atoms with E-state index in [0.29, 0.717) is 5.82 Å². The molecule has 0 N–H and O–H groups in total. The van der Waals surface area contributed by atoms with Gasteiger partial charge >= 0.3 is 0 Å². The Morgan fingerprint density at radius 3 is 0.836 bits per heavy atom. The van der Waals surface area contributed by atoms with E-state index < -0.39 is 0 Å². The number of hydrogen-bond acceptors (Lipinski definition) is 6. The third kappa shape index (κ3) is 12.2. The van der Waals surface area contributed by atoms with Crippen molar-refractivity contribution >= 4 is 215 Å². The molecule has 6 nitrogen and oxygen atoms in total. The lowest BCUT2D eigenvalue weighted by Crippen LogP contribution is -1.91. The monoisotopic (exact) mass is 1620 g/mol. The van der Waals surface area contributed by atoms with Crippen LogP contribution in [0.2, 0.25) is 0 Å². The van der Waals surface area contributed by atoms with Gasteiger partial charge < -0.3 is 0 Å². The Balaban J connectivity index is 0.0000000935. The molecule has 4 aromatic heterocycles. The first-order valence-electron chi connectivity index (χ1n) is 43.6. The molecule has 4 heterocycles. The molecule has 28 rings (SSSR count). The quantitative estimate of drug-likeness (QED) is 0.129. The highest BCUT2D eigenvalue weighted by atomic mass is 15.0. The molecule has 0 saturated heterocycles. The molecule has 128 heavy (non-hydrogen) atoms. The molecule has 0 atom stereocenters. The molecule has 0 aliphatic heterocycles. The van der Waals surface area contributed by atoms with Crippen molar-refractivity contribution in [3.63, 3.8) is 0 Å². The number of benzene rings is 24. The van der Waals surface area contributed by atoms with Crippen molar-refractivity contribution in [1.29, 1.82) is 0 Å². The van der Waals surface area contributed by atoms with Gasteiger partial charge in [0.15, 0.2) is 5.82 Å². The van der Waals surface area contributed by atoms with Gasteiger partial charge in [-0.25, -0.2) is 15.0 Å². The summed E-state index contributed by atoms with van der Waals surface area (Å²) in [7, 11) is 0. The molecule has 0 bridgehead atoms. The largest absolute Gasteiger partial charge is 0.264 e. The molecule has 0 aliphatic carbocycles. The van der Waals surface area contributed by atoms with Gasteiger partial charge in [0.1, 0.15) is 12.7 Å². The molecule has 0 radical (unpaired) electrons. The summed E-state index contributed by atoms with van der Waals surface area (Å²) in [6.45, 7) is 0. The van der Waals surface area contributed by atoms with Crippen molar-refractivity contribution in [2.24, 2.45) is 0 Å². The van der Waals surface area contributed by atoms with Crippen LogP contribution in [0.3, 0.4) is 0 Å². The Morgan fingerprint density at radius 1 is 0.133 bits per heavy atom. The number of hydrogen-bond donors (Lipinski definition) is 0. The first-order chi connectivity index (χ1) is 63.5. The zero-order valence-corrected chi connectivity index (χ0v) is 69.4. The van der Waals surface area contributed by atoms with Crippen LogP contribution in [-0.4, -0.2) is 29.9 Å². The van der Waals surface area contributed by atoms with Crippen molar-refractivity contribution in [2.45, 2.75) is 0 Å². The Hall–Kier alpha value is -17.1. The predicted octanol–water partition coefficient (Wildman–Crippen LogP) is 32.8. The number of rotatable bonds is 4. The minimum absolute atomic E-state index is 0.705. The molecule has 0 fully saturated rings. The minimum atomic E-state index is 0.705. The van der Waals surface area contributed by atoms with Gasteiger partial charge in [0.25, 0.3) is 0 Å². The van der Waals surface area contributed by atoms with Gasteiger partial charge in [-0.05, 0) is 305 Å². The Morgan fingerprint density at radius 2 is 0.383 bits per heavy atom. The van der Waals surface area contributed by atoms with Gasteiger partial charge in [-0.3, -0.25) is 15.0 Å². The predicted molar refractivity (Wildman–Crippen MR) is 544 cm³/mol. The number of fused-ring (bicyclic) bond motifs is 35. The number of aromatic nitrogens is 6. The van der Waals surface area contributed by atoms with E-state index in [-0.39, 0.29) is 0 Å². The highest BCUT2D eigenvalue weighted by Gasteiger charge is 2.22. The van der Waals surface area contributed by atoms with Gasteiger partial charge in [0.2, 0.25) is 0 Å². The lowest BCUT2D eigenvalue weighted by Gasteiger charge is -2.17. The van der Waals surface area contributed by atoms with E-state index in [2.05, 4.69) is 430 Å². The lowest BCUT2D eigenvalue weighted by molar-refractivity contribution is 1.06. The van der Waals surface area contributed by atoms with E-state index >= 15 is 0 Å². The maximum atomic E-state index is 4.36. The van der Waals surface area contributed by atoms with E-state index in [4.69, 9.17) is 0 Å². The zero-order chi connectivity index (χ0) is 84.3. The molecule has 28 aromatic rings. The van der Waals surface area contributed by atoms with Gasteiger partial charge in [-0.15, -0.1) is 0 Å². The fraction of sp³-hybridized carbons (Fsp3) is 0. The molecule has 0 saturated carbocycles. The standard InChI is InChI=1S/2C35H21N.C31H19N.C21H13N3/c1-2-8-23-19-33-32(18-22(23)7-1)27-9-3-4-10-28(27)34-20-31(29-11-5-6-12-30(29)35(33)34)25-13-14-26-21-36-16-15-24(26)17-25;1-2-8-26-22(7-1)15-16-31-27-9-3-4-10-28(27)33-20-32(24-13-14-25-21-36-18-17-23(25)19-24)29-11-5-6-12-30(29)35(33)34(26)31;1-2-9-25-23(7-1)24-8-3-5-11-27(24)31-28-12-6-4-10-26(28)29(18-30(25)31)21-13-14-22-19-32-16-15-20(22)17-21;1-2-6-15-14(5-1)9-10-18-16-7-3-4-8-17(16)20(11-19(15)18)21-23-12-22-13-24-21/h2*1-21H;1-19H;1-13H. The van der Waals surface area contributed by atoms with Crippen LogP contribution in [0, 0.1) is 0 Å². The Bertz CT molecular complexity index is 9450. The fourth-order valence-corrected chi connectivity index (χ4v) is 20.7. The van der Waals surface area contributed by atoms with E-state index in [1.54, 1.807) is 12.7 Å². The van der Waals surface area contributed by atoms with Crippen LogP contribution < -0.4 is 0 Å². The summed E-state index contributed by atoms with van der Waals surface area (Å²) in [5, 5.41) is 51.0. The summed E-state index contributed by atoms with van der Waals surface area (Å²) in [4.78, 5) is 25.5. The normalized spacial score (nSPS) is 11.8. The maximum absolute atomic E-state index is 4.36. The lowest BCUT2D eigenvalue weighted by atomic mass is 9.86. The summed E-state index contributed by atoms with van der Waals surface area (Å²) in [6.07, 6.45) is 14.5. The summed E-state index contributed by atoms with van der Waals surface area (Å²) in [5.41, 5.74) is 8.54. The van der Waals surface area contributed by atoms with Gasteiger partial charge in [0, 0.05) is 58.9 Å². The SMILES string of the molecule is c1ccc2c(c1)c(-c1ccc3cnccc3c1)cc1c3ccccc3c3ccccc3c21.c1ccc2c(c1)ccc1c3ccccc3c(-c3ncncn3)cc21.c1ccc2c(c1)ccc1c3ccccc3c3cc(-c4ccc5cnccc5c4)c4ccccc4c3c21.c1ccc2cc3c(cc2c1)c1ccccc1c1cc(-c2ccc4cnccc4c2)c2ccccc2c13. The summed E-state index contributed by atoms with van der Waals surface area (Å²) in [5.74, 6) is 0.705. The molecule has 592 valence electrons. The van der Waals surface area contributed by atoms with Gasteiger partial charge in [-0.2, -0.15) is 0 Å². The van der Waals surface area contributed by atoms with E-state index in [1.807, 2.05) is 37.2 Å². The minimum Gasteiger partial charge on any atom is -0.264 e. The Kier molecular flexibility index (Phi) is 17.5. The van der Waals surface area contributed by atoms with Gasteiger partial charge in [-0.1, -0.05) is 328 Å². The molecular weight excluding hydrogens is 1550 g/mol. The van der Waals surface area contributed by atoms with Crippen LogP contribution in [0.4, 0.5) is 0 Å². The van der Waals surface area contributed by atoms with Crippen molar-refractivity contribution in [2.75, 3.05) is 0 Å². The van der Waals surface area contributed by atoms with Crippen LogP contribution in [0.5, 0.6) is 0 Å². The van der Waals surface area contributed by atoms with E-state index in [0.717, 1.165) is 27.1 Å². The average Bonchev–Trinajstić information content (AvgIpc) is 0.716. The van der Waals surface area contributed by atoms with Crippen molar-refractivity contribution < 1.29 is 0 Å². The highest BCUT2D eigenvalue weighted by molar-refractivity contribution is 6.39. The topological polar surface area (TPSA) is 77.3 Å². The van der Waals surface area contributed by atoms with Crippen molar-refractivity contribution in [3.05, 3.63) is 450 Å². The van der Waals surface area contributed by atoms with Gasteiger partial charge in [0.05, 0.1) is 0 Å². The second-order valence-electron chi connectivity index (χ2n) is 33.4. The molecule has 24 aromatic carbocycles. The number of pyridine rings is 3. The van der Waals surface area contributed by atoms with E-state index in [1.165, 1.54) is 227 Å². The van der Waals surface area contributed by atoms with Crippen LogP contribution in [0.1, 0.15) is 0 Å². The van der Waals surface area contributed by atoms with Crippen LogP contribution in [0.15, 0.2) is 450 Å². The molecule has 0 aliphatic rings. The smallest absolute Gasteiger partial charge is 0.163 e. The molecule has 0 spiro atoms.